The van der Waals surface area contributed by atoms with Crippen LogP contribution in [0.1, 0.15) is 32.1 Å². The lowest BCUT2D eigenvalue weighted by Crippen LogP contribution is -2.46. The minimum Gasteiger partial charge on any atom is -0.383 e. The summed E-state index contributed by atoms with van der Waals surface area (Å²) >= 11 is 0. The largest absolute Gasteiger partial charge is 0.383 e. The molecule has 2 saturated heterocycles. The molecule has 0 bridgehead atoms. The molecule has 1 amide bonds. The summed E-state index contributed by atoms with van der Waals surface area (Å²) in [6.45, 7) is 4.48. The van der Waals surface area contributed by atoms with E-state index in [0.717, 1.165) is 25.9 Å². The maximum atomic E-state index is 12.2. The average molecular weight is 342 g/mol. The molecule has 2 unspecified atom stereocenters. The van der Waals surface area contributed by atoms with Crippen molar-refractivity contribution in [3.05, 3.63) is 0 Å². The Morgan fingerprint density at radius 3 is 2.43 bits per heavy atom. The second-order valence-electron chi connectivity index (χ2n) is 5.71. The third-order valence-corrected chi connectivity index (χ3v) is 4.33. The van der Waals surface area contributed by atoms with Crippen molar-refractivity contribution in [2.75, 3.05) is 39.9 Å². The molecule has 0 radical (unpaired) electrons. The Bertz CT molecular complexity index is 302. The van der Waals surface area contributed by atoms with Crippen molar-refractivity contribution in [2.45, 2.75) is 44.2 Å². The summed E-state index contributed by atoms with van der Waals surface area (Å²) in [6.07, 6.45) is 6.05. The van der Waals surface area contributed by atoms with Crippen LogP contribution in [0.3, 0.4) is 0 Å². The lowest BCUT2D eigenvalue weighted by Gasteiger charge is -2.27. The summed E-state index contributed by atoms with van der Waals surface area (Å²) in [5.41, 5.74) is 5.84. The Morgan fingerprint density at radius 2 is 1.81 bits per heavy atom. The van der Waals surface area contributed by atoms with Crippen molar-refractivity contribution in [3.63, 3.8) is 0 Å². The molecule has 0 spiro atoms. The second kappa shape index (κ2) is 10.6. The van der Waals surface area contributed by atoms with Gasteiger partial charge in [0.2, 0.25) is 5.91 Å². The summed E-state index contributed by atoms with van der Waals surface area (Å²) in [5.74, 6) is 0.0453. The molecule has 2 fully saturated rings. The predicted molar refractivity (Wildman–Crippen MR) is 89.4 cm³/mol. The van der Waals surface area contributed by atoms with E-state index < -0.39 is 6.04 Å². The monoisotopic (exact) mass is 341 g/mol. The Balaban J connectivity index is 0.00000200. The van der Waals surface area contributed by atoms with Gasteiger partial charge in [0.15, 0.2) is 0 Å². The number of nitrogens with zero attached hydrogens (tertiary/aromatic N) is 2. The summed E-state index contributed by atoms with van der Waals surface area (Å²) < 4.78 is 4.97. The summed E-state index contributed by atoms with van der Waals surface area (Å²) in [5, 5.41) is 0. The molecule has 126 valence electrons. The highest BCUT2D eigenvalue weighted by Crippen LogP contribution is 2.21. The van der Waals surface area contributed by atoms with Gasteiger partial charge in [0.05, 0.1) is 6.61 Å². The van der Waals surface area contributed by atoms with Gasteiger partial charge < -0.3 is 20.3 Å². The van der Waals surface area contributed by atoms with E-state index in [1.54, 1.807) is 7.11 Å². The van der Waals surface area contributed by atoms with Gasteiger partial charge in [-0.1, -0.05) is 0 Å². The third-order valence-electron chi connectivity index (χ3n) is 4.33. The van der Waals surface area contributed by atoms with Crippen LogP contribution in [0.15, 0.2) is 0 Å². The molecule has 21 heavy (non-hydrogen) atoms. The van der Waals surface area contributed by atoms with E-state index in [-0.39, 0.29) is 30.7 Å². The smallest absolute Gasteiger partial charge is 0.241 e. The number of halogens is 2. The SMILES string of the molecule is COCC(N)C(=O)N1CCCC(N2CCCC2)CC1.Cl.Cl. The van der Waals surface area contributed by atoms with Crippen LogP contribution in [-0.4, -0.2) is 67.7 Å². The highest BCUT2D eigenvalue weighted by molar-refractivity contribution is 5.85. The zero-order chi connectivity index (χ0) is 13.7. The number of carbonyl (C=O) groups excluding carboxylic acids is 1. The third kappa shape index (κ3) is 5.91. The molecule has 2 aliphatic rings. The molecule has 0 aromatic rings. The number of nitrogens with two attached hydrogens (primary N) is 1. The number of rotatable bonds is 4. The molecule has 0 saturated carbocycles. The number of ether oxygens (including phenoxy) is 1. The first-order valence-corrected chi connectivity index (χ1v) is 7.49. The van der Waals surface area contributed by atoms with E-state index in [9.17, 15) is 4.79 Å². The molecule has 0 aliphatic carbocycles. The topological polar surface area (TPSA) is 58.8 Å². The first kappa shape index (κ1) is 20.9. The Labute approximate surface area is 140 Å². The van der Waals surface area contributed by atoms with Gasteiger partial charge in [0.25, 0.3) is 0 Å². The number of carbonyl (C=O) groups is 1. The Morgan fingerprint density at radius 1 is 1.14 bits per heavy atom. The number of hydrogen-bond donors (Lipinski definition) is 1. The molecule has 2 aliphatic heterocycles. The normalized spacial score (nSPS) is 24.7. The maximum absolute atomic E-state index is 12.2. The fourth-order valence-electron chi connectivity index (χ4n) is 3.26. The van der Waals surface area contributed by atoms with Gasteiger partial charge in [-0.05, 0) is 45.2 Å². The molecule has 2 rings (SSSR count). The summed E-state index contributed by atoms with van der Waals surface area (Å²) in [4.78, 5) is 16.7. The zero-order valence-electron chi connectivity index (χ0n) is 12.8. The van der Waals surface area contributed by atoms with Gasteiger partial charge in [-0.3, -0.25) is 4.79 Å². The van der Waals surface area contributed by atoms with Crippen LogP contribution in [0.4, 0.5) is 0 Å². The molecule has 0 aromatic carbocycles. The van der Waals surface area contributed by atoms with E-state index in [4.69, 9.17) is 10.5 Å². The molecule has 7 heteroatoms. The maximum Gasteiger partial charge on any atom is 0.241 e. The van der Waals surface area contributed by atoms with E-state index in [1.807, 2.05) is 4.90 Å². The van der Waals surface area contributed by atoms with E-state index in [0.29, 0.717) is 12.6 Å². The number of hydrogen-bond acceptors (Lipinski definition) is 4. The van der Waals surface area contributed by atoms with Crippen molar-refractivity contribution in [1.29, 1.82) is 0 Å². The van der Waals surface area contributed by atoms with Crippen LogP contribution in [0.25, 0.3) is 0 Å². The Hall–Kier alpha value is -0.0700. The summed E-state index contributed by atoms with van der Waals surface area (Å²) in [7, 11) is 1.58. The lowest BCUT2D eigenvalue weighted by atomic mass is 10.1. The molecule has 2 heterocycles. The van der Waals surface area contributed by atoms with Gasteiger partial charge in [0.1, 0.15) is 6.04 Å². The average Bonchev–Trinajstić information content (AvgIpc) is 2.83. The second-order valence-corrected chi connectivity index (χ2v) is 5.71. The number of methoxy groups -OCH3 is 1. The van der Waals surface area contributed by atoms with Gasteiger partial charge >= 0.3 is 0 Å². The highest BCUT2D eigenvalue weighted by Gasteiger charge is 2.28. The lowest BCUT2D eigenvalue weighted by molar-refractivity contribution is -0.133. The quantitative estimate of drug-likeness (QED) is 0.836. The highest BCUT2D eigenvalue weighted by atomic mass is 35.5. The fourth-order valence-corrected chi connectivity index (χ4v) is 3.26. The molecular weight excluding hydrogens is 313 g/mol. The van der Waals surface area contributed by atoms with Crippen LogP contribution in [0.5, 0.6) is 0 Å². The number of amides is 1. The molecule has 5 nitrogen and oxygen atoms in total. The van der Waals surface area contributed by atoms with Crippen molar-refractivity contribution < 1.29 is 9.53 Å². The van der Waals surface area contributed by atoms with E-state index in [2.05, 4.69) is 4.90 Å². The predicted octanol–water partition coefficient (Wildman–Crippen LogP) is 1.28. The first-order valence-electron chi connectivity index (χ1n) is 7.49. The van der Waals surface area contributed by atoms with E-state index >= 15 is 0 Å². The van der Waals surface area contributed by atoms with Gasteiger partial charge in [-0.25, -0.2) is 0 Å². The van der Waals surface area contributed by atoms with Crippen LogP contribution < -0.4 is 5.73 Å². The van der Waals surface area contributed by atoms with Crippen molar-refractivity contribution in [1.82, 2.24) is 9.80 Å². The number of likely N-dealkylation sites (tertiary alicyclic amines) is 2. The molecule has 2 atom stereocenters. The van der Waals surface area contributed by atoms with Crippen LogP contribution in [-0.2, 0) is 9.53 Å². The zero-order valence-corrected chi connectivity index (χ0v) is 14.5. The van der Waals surface area contributed by atoms with Crippen molar-refractivity contribution >= 4 is 30.7 Å². The summed E-state index contributed by atoms with van der Waals surface area (Å²) in [6, 6.07) is 0.160. The van der Waals surface area contributed by atoms with Crippen molar-refractivity contribution in [3.8, 4) is 0 Å². The standard InChI is InChI=1S/C14H27N3O2.2ClH/c1-19-11-13(15)14(18)17-9-4-5-12(6-10-17)16-7-2-3-8-16;;/h12-13H,2-11,15H2,1H3;2*1H. The molecule has 0 aromatic heterocycles. The van der Waals surface area contributed by atoms with Gasteiger partial charge in [-0.15, -0.1) is 24.8 Å². The van der Waals surface area contributed by atoms with Crippen molar-refractivity contribution in [2.24, 2.45) is 5.73 Å². The van der Waals surface area contributed by atoms with Gasteiger partial charge in [-0.2, -0.15) is 0 Å². The van der Waals surface area contributed by atoms with Gasteiger partial charge in [0, 0.05) is 26.2 Å². The van der Waals surface area contributed by atoms with E-state index in [1.165, 1.54) is 32.4 Å². The van der Waals surface area contributed by atoms with Crippen LogP contribution in [0.2, 0.25) is 0 Å². The minimum atomic E-state index is -0.506. The molecular formula is C14H29Cl2N3O2. The fraction of sp³-hybridized carbons (Fsp3) is 0.929. The Kier molecular flexibility index (Phi) is 10.6. The van der Waals surface area contributed by atoms with Crippen LogP contribution in [0, 0.1) is 0 Å². The minimum absolute atomic E-state index is 0. The van der Waals surface area contributed by atoms with Crippen LogP contribution >= 0.6 is 24.8 Å². The first-order chi connectivity index (χ1) is 9.22. The molecule has 2 N–H and O–H groups in total.